The first-order valence-electron chi connectivity index (χ1n) is 7.04. The van der Waals surface area contributed by atoms with Crippen LogP contribution in [0.25, 0.3) is 0 Å². The van der Waals surface area contributed by atoms with E-state index in [9.17, 15) is 4.79 Å². The lowest BCUT2D eigenvalue weighted by atomic mass is 10.2. The third-order valence-electron chi connectivity index (χ3n) is 3.13. The summed E-state index contributed by atoms with van der Waals surface area (Å²) in [6.07, 6.45) is 0. The van der Waals surface area contributed by atoms with Gasteiger partial charge < -0.3 is 10.6 Å². The summed E-state index contributed by atoms with van der Waals surface area (Å²) in [4.78, 5) is 12.1. The van der Waals surface area contributed by atoms with Crippen LogP contribution in [0, 0.1) is 0 Å². The lowest BCUT2D eigenvalue weighted by Gasteiger charge is -2.08. The molecule has 0 atom stereocenters. The Labute approximate surface area is 148 Å². The summed E-state index contributed by atoms with van der Waals surface area (Å²) in [5.41, 5.74) is 1.17. The molecule has 1 amide bonds. The molecule has 120 valence electrons. The Morgan fingerprint density at radius 3 is 2.33 bits per heavy atom. The predicted molar refractivity (Wildman–Crippen MR) is 96.2 cm³/mol. The molecule has 1 heterocycles. The Bertz CT molecular complexity index is 868. The fourth-order valence-corrected chi connectivity index (χ4v) is 2.36. The van der Waals surface area contributed by atoms with Crippen LogP contribution in [-0.2, 0) is 0 Å². The number of carbonyl (C=O) groups is 1. The molecular weight excluding hydrogens is 347 g/mol. The normalized spacial score (nSPS) is 10.2. The summed E-state index contributed by atoms with van der Waals surface area (Å²) < 4.78 is 0. The second-order valence-corrected chi connectivity index (χ2v) is 5.72. The van der Waals surface area contributed by atoms with Crippen LogP contribution in [0.5, 0.6) is 0 Å². The Morgan fingerprint density at radius 2 is 1.62 bits per heavy atom. The van der Waals surface area contributed by atoms with Crippen molar-refractivity contribution in [3.63, 3.8) is 0 Å². The van der Waals surface area contributed by atoms with Crippen LogP contribution >= 0.6 is 23.2 Å². The second kappa shape index (κ2) is 7.29. The third kappa shape index (κ3) is 4.01. The number of carbonyl (C=O) groups excluding carboxylic acids is 1. The van der Waals surface area contributed by atoms with Crippen LogP contribution in [0.15, 0.2) is 60.7 Å². The van der Waals surface area contributed by atoms with E-state index in [0.717, 1.165) is 5.69 Å². The van der Waals surface area contributed by atoms with Gasteiger partial charge in [0, 0.05) is 10.6 Å². The highest BCUT2D eigenvalue weighted by atomic mass is 35.5. The maximum atomic E-state index is 12.1. The number of hydrogen-bond acceptors (Lipinski definition) is 4. The molecular formula is C17H12Cl2N4O. The Morgan fingerprint density at radius 1 is 0.875 bits per heavy atom. The lowest BCUT2D eigenvalue weighted by Crippen LogP contribution is -2.13. The van der Waals surface area contributed by atoms with E-state index in [0.29, 0.717) is 27.2 Å². The maximum absolute atomic E-state index is 12.1. The Hall–Kier alpha value is -2.63. The molecule has 0 bridgehead atoms. The maximum Gasteiger partial charge on any atom is 0.256 e. The highest BCUT2D eigenvalue weighted by Crippen LogP contribution is 2.23. The standard InChI is InChI=1S/C17H12Cl2N4O/c18-12-5-3-4-11(10-12)17(24)21-16-9-8-15(22-23-16)20-14-7-2-1-6-13(14)19/h1-10H,(H,20,22)(H,21,23,24). The fraction of sp³-hybridized carbons (Fsp3) is 0. The number of aromatic nitrogens is 2. The van der Waals surface area contributed by atoms with Gasteiger partial charge in [-0.05, 0) is 42.5 Å². The molecule has 0 aliphatic carbocycles. The molecule has 0 radical (unpaired) electrons. The number of para-hydroxylation sites is 1. The monoisotopic (exact) mass is 358 g/mol. The number of halogens is 2. The minimum absolute atomic E-state index is 0.307. The van der Waals surface area contributed by atoms with E-state index in [2.05, 4.69) is 20.8 Å². The zero-order valence-corrected chi connectivity index (χ0v) is 13.8. The first-order chi connectivity index (χ1) is 11.6. The van der Waals surface area contributed by atoms with E-state index in [1.54, 1.807) is 42.5 Å². The van der Waals surface area contributed by atoms with Gasteiger partial charge in [0.1, 0.15) is 0 Å². The van der Waals surface area contributed by atoms with Gasteiger partial charge in [-0.15, -0.1) is 10.2 Å². The predicted octanol–water partition coefficient (Wildman–Crippen LogP) is 4.78. The van der Waals surface area contributed by atoms with Crippen LogP contribution in [0.4, 0.5) is 17.3 Å². The van der Waals surface area contributed by atoms with Crippen molar-refractivity contribution in [2.45, 2.75) is 0 Å². The minimum atomic E-state index is -0.307. The van der Waals surface area contributed by atoms with Crippen molar-refractivity contribution in [3.05, 3.63) is 76.3 Å². The lowest BCUT2D eigenvalue weighted by molar-refractivity contribution is 0.102. The van der Waals surface area contributed by atoms with Gasteiger partial charge in [-0.25, -0.2) is 0 Å². The molecule has 1 aromatic heterocycles. The first kappa shape index (κ1) is 16.2. The number of benzene rings is 2. The van der Waals surface area contributed by atoms with E-state index in [4.69, 9.17) is 23.2 Å². The van der Waals surface area contributed by atoms with Crippen molar-refractivity contribution in [1.29, 1.82) is 0 Å². The molecule has 0 fully saturated rings. The molecule has 3 rings (SSSR count). The quantitative estimate of drug-likeness (QED) is 0.704. The summed E-state index contributed by atoms with van der Waals surface area (Å²) >= 11 is 12.0. The van der Waals surface area contributed by atoms with Gasteiger partial charge in [0.25, 0.3) is 5.91 Å². The summed E-state index contributed by atoms with van der Waals surface area (Å²) in [5, 5.41) is 14.8. The molecule has 0 aliphatic heterocycles. The van der Waals surface area contributed by atoms with E-state index >= 15 is 0 Å². The average molecular weight is 359 g/mol. The highest BCUT2D eigenvalue weighted by Gasteiger charge is 2.08. The SMILES string of the molecule is O=C(Nc1ccc(Nc2ccccc2Cl)nn1)c1cccc(Cl)c1. The smallest absolute Gasteiger partial charge is 0.256 e. The second-order valence-electron chi connectivity index (χ2n) is 4.87. The molecule has 0 saturated carbocycles. The van der Waals surface area contributed by atoms with Crippen molar-refractivity contribution in [2.24, 2.45) is 0 Å². The summed E-state index contributed by atoms with van der Waals surface area (Å²) in [6.45, 7) is 0. The highest BCUT2D eigenvalue weighted by molar-refractivity contribution is 6.33. The van der Waals surface area contributed by atoms with Gasteiger partial charge in [0.2, 0.25) is 0 Å². The number of nitrogens with zero attached hydrogens (tertiary/aromatic N) is 2. The number of rotatable bonds is 4. The summed E-state index contributed by atoms with van der Waals surface area (Å²) in [6, 6.07) is 17.3. The molecule has 2 N–H and O–H groups in total. The molecule has 5 nitrogen and oxygen atoms in total. The van der Waals surface area contributed by atoms with Crippen LogP contribution in [0.1, 0.15) is 10.4 Å². The number of anilines is 3. The average Bonchev–Trinajstić information content (AvgIpc) is 2.58. The van der Waals surface area contributed by atoms with Crippen molar-refractivity contribution >= 4 is 46.4 Å². The number of nitrogens with one attached hydrogen (secondary N) is 2. The summed E-state index contributed by atoms with van der Waals surface area (Å²) in [7, 11) is 0. The van der Waals surface area contributed by atoms with E-state index in [1.807, 2.05) is 18.2 Å². The zero-order valence-electron chi connectivity index (χ0n) is 12.3. The van der Waals surface area contributed by atoms with Crippen LogP contribution < -0.4 is 10.6 Å². The molecule has 2 aromatic carbocycles. The van der Waals surface area contributed by atoms with E-state index in [1.165, 1.54) is 0 Å². The fourth-order valence-electron chi connectivity index (χ4n) is 1.98. The third-order valence-corrected chi connectivity index (χ3v) is 3.69. The van der Waals surface area contributed by atoms with Gasteiger partial charge >= 0.3 is 0 Å². The molecule has 7 heteroatoms. The summed E-state index contributed by atoms with van der Waals surface area (Å²) in [5.74, 6) is 0.548. The first-order valence-corrected chi connectivity index (χ1v) is 7.79. The van der Waals surface area contributed by atoms with Gasteiger partial charge in [0.05, 0.1) is 10.7 Å². The van der Waals surface area contributed by atoms with Crippen molar-refractivity contribution in [3.8, 4) is 0 Å². The molecule has 0 unspecified atom stereocenters. The van der Waals surface area contributed by atoms with Crippen LogP contribution in [0.3, 0.4) is 0 Å². The topological polar surface area (TPSA) is 66.9 Å². The van der Waals surface area contributed by atoms with Crippen molar-refractivity contribution in [1.82, 2.24) is 10.2 Å². The van der Waals surface area contributed by atoms with E-state index < -0.39 is 0 Å². The van der Waals surface area contributed by atoms with E-state index in [-0.39, 0.29) is 5.91 Å². The number of hydrogen-bond donors (Lipinski definition) is 2. The van der Waals surface area contributed by atoms with Crippen LogP contribution in [-0.4, -0.2) is 16.1 Å². The molecule has 3 aromatic rings. The van der Waals surface area contributed by atoms with Gasteiger partial charge in [0.15, 0.2) is 11.6 Å². The Balaban J connectivity index is 1.68. The van der Waals surface area contributed by atoms with Crippen LogP contribution in [0.2, 0.25) is 10.0 Å². The Kier molecular flexibility index (Phi) is 4.93. The van der Waals surface area contributed by atoms with Crippen molar-refractivity contribution < 1.29 is 4.79 Å². The van der Waals surface area contributed by atoms with Gasteiger partial charge in [-0.2, -0.15) is 0 Å². The van der Waals surface area contributed by atoms with Gasteiger partial charge in [-0.1, -0.05) is 41.4 Å². The number of amides is 1. The molecule has 0 aliphatic rings. The largest absolute Gasteiger partial charge is 0.338 e. The van der Waals surface area contributed by atoms with Crippen molar-refractivity contribution in [2.75, 3.05) is 10.6 Å². The molecule has 0 spiro atoms. The minimum Gasteiger partial charge on any atom is -0.338 e. The molecule has 0 saturated heterocycles. The zero-order chi connectivity index (χ0) is 16.9. The van der Waals surface area contributed by atoms with Gasteiger partial charge in [-0.3, -0.25) is 4.79 Å². The molecule has 24 heavy (non-hydrogen) atoms.